The summed E-state index contributed by atoms with van der Waals surface area (Å²) in [5, 5.41) is 0. The number of terminal acetylenes is 1. The summed E-state index contributed by atoms with van der Waals surface area (Å²) in [5.74, 6) is 2.56. The second kappa shape index (κ2) is 6.60. The second-order valence-corrected chi connectivity index (χ2v) is 2.00. The Kier molecular flexibility index (Phi) is 6.25. The Morgan fingerprint density at radius 3 is 2.40 bits per heavy atom. The van der Waals surface area contributed by atoms with Crippen LogP contribution in [-0.2, 0) is 9.47 Å². The molecular formula is C8H14O2. The number of rotatable bonds is 5. The molecule has 0 aliphatic heterocycles. The van der Waals surface area contributed by atoms with Gasteiger partial charge in [0.05, 0.1) is 0 Å². The average Bonchev–Trinajstić information content (AvgIpc) is 1.99. The molecule has 58 valence electrons. The van der Waals surface area contributed by atoms with Crippen molar-refractivity contribution in [1.82, 2.24) is 0 Å². The average molecular weight is 142 g/mol. The number of methoxy groups -OCH3 is 2. The summed E-state index contributed by atoms with van der Waals surface area (Å²) < 4.78 is 9.91. The van der Waals surface area contributed by atoms with E-state index in [1.165, 1.54) is 0 Å². The van der Waals surface area contributed by atoms with E-state index in [2.05, 4.69) is 5.92 Å². The van der Waals surface area contributed by atoms with Crippen molar-refractivity contribution in [3.8, 4) is 12.3 Å². The van der Waals surface area contributed by atoms with Crippen LogP contribution in [0.25, 0.3) is 0 Å². The maximum Gasteiger partial charge on any atom is 0.156 e. The minimum atomic E-state index is -0.0895. The highest BCUT2D eigenvalue weighted by molar-refractivity contribution is 4.82. The Morgan fingerprint density at radius 2 is 2.00 bits per heavy atom. The van der Waals surface area contributed by atoms with Gasteiger partial charge in [0.25, 0.3) is 0 Å². The summed E-state index contributed by atoms with van der Waals surface area (Å²) >= 11 is 0. The van der Waals surface area contributed by atoms with Gasteiger partial charge in [-0.3, -0.25) is 0 Å². The van der Waals surface area contributed by atoms with Crippen molar-refractivity contribution in [2.75, 3.05) is 14.2 Å². The van der Waals surface area contributed by atoms with Crippen LogP contribution in [0, 0.1) is 12.3 Å². The molecule has 0 amide bonds. The molecule has 0 fully saturated rings. The lowest BCUT2D eigenvalue weighted by atomic mass is 10.2. The molecule has 0 N–H and O–H groups in total. The predicted molar refractivity (Wildman–Crippen MR) is 40.5 cm³/mol. The van der Waals surface area contributed by atoms with Crippen LogP contribution < -0.4 is 0 Å². The summed E-state index contributed by atoms with van der Waals surface area (Å²) in [7, 11) is 3.26. The SMILES string of the molecule is C#CCCCC(OC)OC. The zero-order valence-corrected chi connectivity index (χ0v) is 6.59. The van der Waals surface area contributed by atoms with E-state index in [4.69, 9.17) is 15.9 Å². The van der Waals surface area contributed by atoms with Crippen LogP contribution in [0.3, 0.4) is 0 Å². The molecule has 10 heavy (non-hydrogen) atoms. The largest absolute Gasteiger partial charge is 0.356 e. The first-order chi connectivity index (χ1) is 4.85. The van der Waals surface area contributed by atoms with Gasteiger partial charge in [0, 0.05) is 20.6 Å². The van der Waals surface area contributed by atoms with Crippen molar-refractivity contribution in [2.24, 2.45) is 0 Å². The fourth-order valence-electron chi connectivity index (χ4n) is 0.703. The molecule has 0 spiro atoms. The van der Waals surface area contributed by atoms with Gasteiger partial charge in [-0.15, -0.1) is 12.3 Å². The van der Waals surface area contributed by atoms with E-state index >= 15 is 0 Å². The predicted octanol–water partition coefficient (Wildman–Crippen LogP) is 1.41. The van der Waals surface area contributed by atoms with Gasteiger partial charge in [0.15, 0.2) is 6.29 Å². The van der Waals surface area contributed by atoms with E-state index in [1.54, 1.807) is 14.2 Å². The molecule has 0 aromatic heterocycles. The Balaban J connectivity index is 3.19. The van der Waals surface area contributed by atoms with Crippen molar-refractivity contribution < 1.29 is 9.47 Å². The summed E-state index contributed by atoms with van der Waals surface area (Å²) in [5.41, 5.74) is 0. The molecule has 0 aromatic rings. The van der Waals surface area contributed by atoms with Gasteiger partial charge in [-0.05, 0) is 12.8 Å². The van der Waals surface area contributed by atoms with E-state index in [9.17, 15) is 0 Å². The lowest BCUT2D eigenvalue weighted by molar-refractivity contribution is -0.106. The van der Waals surface area contributed by atoms with Crippen LogP contribution in [0.5, 0.6) is 0 Å². The summed E-state index contributed by atoms with van der Waals surface area (Å²) in [6.45, 7) is 0. The van der Waals surface area contributed by atoms with Crippen molar-refractivity contribution >= 4 is 0 Å². The summed E-state index contributed by atoms with van der Waals surface area (Å²) in [6, 6.07) is 0. The fraction of sp³-hybridized carbons (Fsp3) is 0.750. The first-order valence-corrected chi connectivity index (χ1v) is 3.34. The molecule has 2 heteroatoms. The fourth-order valence-corrected chi connectivity index (χ4v) is 0.703. The summed E-state index contributed by atoms with van der Waals surface area (Å²) in [6.07, 6.45) is 7.60. The topological polar surface area (TPSA) is 18.5 Å². The molecular weight excluding hydrogens is 128 g/mol. The molecule has 0 aliphatic carbocycles. The molecule has 0 heterocycles. The van der Waals surface area contributed by atoms with Crippen LogP contribution in [0.1, 0.15) is 19.3 Å². The molecule has 0 saturated carbocycles. The molecule has 0 aliphatic rings. The number of ether oxygens (including phenoxy) is 2. The van der Waals surface area contributed by atoms with Gasteiger partial charge < -0.3 is 9.47 Å². The molecule has 0 radical (unpaired) electrons. The quantitative estimate of drug-likeness (QED) is 0.328. The van der Waals surface area contributed by atoms with Crippen LogP contribution in [-0.4, -0.2) is 20.5 Å². The first kappa shape index (κ1) is 9.48. The van der Waals surface area contributed by atoms with Crippen LogP contribution >= 0.6 is 0 Å². The maximum atomic E-state index is 5.07. The van der Waals surface area contributed by atoms with E-state index in [1.807, 2.05) is 0 Å². The molecule has 0 saturated heterocycles. The van der Waals surface area contributed by atoms with Gasteiger partial charge >= 0.3 is 0 Å². The van der Waals surface area contributed by atoms with E-state index < -0.39 is 0 Å². The maximum absolute atomic E-state index is 5.07. The standard InChI is InChI=1S/C8H14O2/c1-4-5-6-7-8(9-2)10-3/h1,8H,5-7H2,2-3H3. The zero-order valence-electron chi connectivity index (χ0n) is 6.59. The third kappa shape index (κ3) is 4.37. The normalized spacial score (nSPS) is 9.80. The number of hydrogen-bond donors (Lipinski definition) is 0. The smallest absolute Gasteiger partial charge is 0.156 e. The van der Waals surface area contributed by atoms with Crippen molar-refractivity contribution in [1.29, 1.82) is 0 Å². The molecule has 0 bridgehead atoms. The number of unbranched alkanes of at least 4 members (excludes halogenated alkanes) is 1. The monoisotopic (exact) mass is 142 g/mol. The van der Waals surface area contributed by atoms with E-state index in [-0.39, 0.29) is 6.29 Å². The van der Waals surface area contributed by atoms with Gasteiger partial charge in [-0.2, -0.15) is 0 Å². The minimum Gasteiger partial charge on any atom is -0.356 e. The number of hydrogen-bond acceptors (Lipinski definition) is 2. The van der Waals surface area contributed by atoms with Gasteiger partial charge in [0.2, 0.25) is 0 Å². The highest BCUT2D eigenvalue weighted by Crippen LogP contribution is 2.03. The van der Waals surface area contributed by atoms with Crippen molar-refractivity contribution in [3.63, 3.8) is 0 Å². The highest BCUT2D eigenvalue weighted by atomic mass is 16.7. The van der Waals surface area contributed by atoms with Crippen LogP contribution in [0.4, 0.5) is 0 Å². The second-order valence-electron chi connectivity index (χ2n) is 2.00. The van der Waals surface area contributed by atoms with Crippen LogP contribution in [0.15, 0.2) is 0 Å². The first-order valence-electron chi connectivity index (χ1n) is 3.34. The van der Waals surface area contributed by atoms with E-state index in [0.717, 1.165) is 19.3 Å². The third-order valence-electron chi connectivity index (χ3n) is 1.29. The Morgan fingerprint density at radius 1 is 1.40 bits per heavy atom. The van der Waals surface area contributed by atoms with Crippen LogP contribution in [0.2, 0.25) is 0 Å². The summed E-state index contributed by atoms with van der Waals surface area (Å²) in [4.78, 5) is 0. The molecule has 0 rings (SSSR count). The Labute approximate surface area is 62.5 Å². The third-order valence-corrected chi connectivity index (χ3v) is 1.29. The van der Waals surface area contributed by atoms with Crippen molar-refractivity contribution in [3.05, 3.63) is 0 Å². The lowest BCUT2D eigenvalue weighted by Crippen LogP contribution is -2.12. The van der Waals surface area contributed by atoms with Crippen molar-refractivity contribution in [2.45, 2.75) is 25.6 Å². The Bertz CT molecular complexity index is 100. The highest BCUT2D eigenvalue weighted by Gasteiger charge is 2.01. The van der Waals surface area contributed by atoms with Gasteiger partial charge in [0.1, 0.15) is 0 Å². The minimum absolute atomic E-state index is 0.0895. The van der Waals surface area contributed by atoms with Gasteiger partial charge in [-0.25, -0.2) is 0 Å². The zero-order chi connectivity index (χ0) is 7.82. The molecule has 0 unspecified atom stereocenters. The Hall–Kier alpha value is -0.520. The molecule has 0 atom stereocenters. The van der Waals surface area contributed by atoms with Gasteiger partial charge in [-0.1, -0.05) is 0 Å². The van der Waals surface area contributed by atoms with E-state index in [0.29, 0.717) is 0 Å². The molecule has 0 aromatic carbocycles. The molecule has 2 nitrogen and oxygen atoms in total. The lowest BCUT2D eigenvalue weighted by Gasteiger charge is -2.11.